The van der Waals surface area contributed by atoms with Crippen LogP contribution in [0.4, 0.5) is 17.1 Å². The standard InChI is InChI=1S/C36H25N3O3S2/c40-34(41)22-38-35(42)33(44-36(38)43)20-23-10-15-27(16-11-23)39(26-6-2-1-3-7-26)28-17-12-24(13-18-28)25-14-19-30-29-8-4-5-9-31(29)37-32(30)21-25/h1-21,37H,22H2,(H,40,41)/b33-20+. The Labute approximate surface area is 263 Å². The third kappa shape index (κ3) is 5.25. The maximum absolute atomic E-state index is 12.7. The highest BCUT2D eigenvalue weighted by Crippen LogP contribution is 2.37. The Morgan fingerprint density at radius 2 is 1.39 bits per heavy atom. The van der Waals surface area contributed by atoms with Crippen LogP contribution in [0.2, 0.25) is 0 Å². The van der Waals surface area contributed by atoms with E-state index in [1.807, 2.05) is 48.5 Å². The van der Waals surface area contributed by atoms with Gasteiger partial charge in [-0.3, -0.25) is 14.5 Å². The molecule has 1 fully saturated rings. The number of thiocarbonyl (C=S) groups is 1. The molecule has 0 spiro atoms. The molecule has 0 saturated carbocycles. The minimum absolute atomic E-state index is 0.250. The predicted octanol–water partition coefficient (Wildman–Crippen LogP) is 8.74. The van der Waals surface area contributed by atoms with Gasteiger partial charge in [0.05, 0.1) is 4.91 Å². The van der Waals surface area contributed by atoms with E-state index >= 15 is 0 Å². The summed E-state index contributed by atoms with van der Waals surface area (Å²) < 4.78 is 0.250. The third-order valence-electron chi connectivity index (χ3n) is 7.60. The minimum Gasteiger partial charge on any atom is -0.480 e. The van der Waals surface area contributed by atoms with Crippen molar-refractivity contribution in [1.82, 2.24) is 9.88 Å². The summed E-state index contributed by atoms with van der Waals surface area (Å²) in [5.74, 6) is -1.49. The third-order valence-corrected chi connectivity index (χ3v) is 8.97. The molecule has 8 heteroatoms. The van der Waals surface area contributed by atoms with Crippen LogP contribution < -0.4 is 4.90 Å². The Hall–Kier alpha value is -5.18. The molecule has 44 heavy (non-hydrogen) atoms. The Morgan fingerprint density at radius 1 is 0.773 bits per heavy atom. The van der Waals surface area contributed by atoms with Gasteiger partial charge < -0.3 is 15.0 Å². The van der Waals surface area contributed by atoms with Gasteiger partial charge in [-0.15, -0.1) is 0 Å². The molecule has 2 N–H and O–H groups in total. The van der Waals surface area contributed by atoms with E-state index in [0.717, 1.165) is 61.4 Å². The number of carboxylic acids is 1. The van der Waals surface area contributed by atoms with Gasteiger partial charge in [-0.25, -0.2) is 0 Å². The number of hydrogen-bond donors (Lipinski definition) is 2. The molecule has 2 heterocycles. The quantitative estimate of drug-likeness (QED) is 0.139. The van der Waals surface area contributed by atoms with E-state index in [1.54, 1.807) is 6.08 Å². The number of carboxylic acid groups (broad SMARTS) is 1. The molecule has 1 aliphatic rings. The van der Waals surface area contributed by atoms with Crippen LogP contribution in [0.1, 0.15) is 5.56 Å². The van der Waals surface area contributed by atoms with Crippen molar-refractivity contribution < 1.29 is 14.7 Å². The minimum atomic E-state index is -1.10. The van der Waals surface area contributed by atoms with E-state index in [-0.39, 0.29) is 10.2 Å². The van der Waals surface area contributed by atoms with Crippen LogP contribution in [-0.4, -0.2) is 37.7 Å². The van der Waals surface area contributed by atoms with Crippen molar-refractivity contribution in [2.24, 2.45) is 0 Å². The van der Waals surface area contributed by atoms with E-state index in [9.17, 15) is 9.59 Å². The molecule has 0 unspecified atom stereocenters. The first-order valence-corrected chi connectivity index (χ1v) is 15.2. The van der Waals surface area contributed by atoms with Gasteiger partial charge in [0.15, 0.2) is 0 Å². The van der Waals surface area contributed by atoms with Crippen LogP contribution in [-0.2, 0) is 9.59 Å². The molecule has 1 aliphatic heterocycles. The molecule has 214 valence electrons. The van der Waals surface area contributed by atoms with Gasteiger partial charge in [-0.1, -0.05) is 96.8 Å². The highest BCUT2D eigenvalue weighted by Gasteiger charge is 2.33. The highest BCUT2D eigenvalue weighted by atomic mass is 32.2. The van der Waals surface area contributed by atoms with Crippen molar-refractivity contribution in [3.05, 3.63) is 132 Å². The fraction of sp³-hybridized carbons (Fsp3) is 0.0278. The smallest absolute Gasteiger partial charge is 0.323 e. The molecule has 0 aliphatic carbocycles. The van der Waals surface area contributed by atoms with Crippen molar-refractivity contribution in [3.8, 4) is 11.1 Å². The Kier molecular flexibility index (Phi) is 7.21. The second-order valence-corrected chi connectivity index (χ2v) is 12.1. The lowest BCUT2D eigenvalue weighted by Gasteiger charge is -2.25. The number of nitrogens with one attached hydrogen (secondary N) is 1. The number of aromatic nitrogens is 1. The molecule has 0 atom stereocenters. The van der Waals surface area contributed by atoms with Crippen LogP contribution in [0.5, 0.6) is 0 Å². The number of hydrogen-bond acceptors (Lipinski definition) is 5. The maximum Gasteiger partial charge on any atom is 0.323 e. The van der Waals surface area contributed by atoms with E-state index in [1.165, 1.54) is 10.8 Å². The highest BCUT2D eigenvalue weighted by molar-refractivity contribution is 8.26. The van der Waals surface area contributed by atoms with Crippen molar-refractivity contribution in [3.63, 3.8) is 0 Å². The zero-order chi connectivity index (χ0) is 30.2. The summed E-state index contributed by atoms with van der Waals surface area (Å²) in [5, 5.41) is 11.5. The number of nitrogens with zero attached hydrogens (tertiary/aromatic N) is 2. The van der Waals surface area contributed by atoms with Crippen molar-refractivity contribution in [2.75, 3.05) is 11.4 Å². The molecule has 6 aromatic rings. The number of rotatable bonds is 7. The van der Waals surface area contributed by atoms with E-state index in [0.29, 0.717) is 4.91 Å². The lowest BCUT2D eigenvalue weighted by Crippen LogP contribution is -2.33. The lowest BCUT2D eigenvalue weighted by atomic mass is 10.0. The predicted molar refractivity (Wildman–Crippen MR) is 183 cm³/mol. The lowest BCUT2D eigenvalue weighted by molar-refractivity contribution is -0.140. The normalized spacial score (nSPS) is 14.2. The zero-order valence-electron chi connectivity index (χ0n) is 23.3. The van der Waals surface area contributed by atoms with Gasteiger partial charge in [0.1, 0.15) is 10.9 Å². The average Bonchev–Trinajstić information content (AvgIpc) is 3.54. The summed E-state index contributed by atoms with van der Waals surface area (Å²) in [5.41, 5.74) is 8.31. The number of aliphatic carboxylic acids is 1. The number of aromatic amines is 1. The molecule has 5 aromatic carbocycles. The van der Waals surface area contributed by atoms with Crippen molar-refractivity contribution in [1.29, 1.82) is 0 Å². The van der Waals surface area contributed by atoms with Crippen LogP contribution >= 0.6 is 24.0 Å². The summed E-state index contributed by atoms with van der Waals surface area (Å²) in [6, 6.07) is 41.5. The number of thioether (sulfide) groups is 1. The molecule has 1 aromatic heterocycles. The van der Waals surface area contributed by atoms with Crippen LogP contribution in [0.3, 0.4) is 0 Å². The second kappa shape index (κ2) is 11.5. The number of benzene rings is 5. The van der Waals surface area contributed by atoms with E-state index in [2.05, 4.69) is 82.7 Å². The van der Waals surface area contributed by atoms with Gasteiger partial charge in [0, 0.05) is 38.9 Å². The van der Waals surface area contributed by atoms with Gasteiger partial charge in [-0.2, -0.15) is 0 Å². The maximum atomic E-state index is 12.7. The molecule has 0 radical (unpaired) electrons. The van der Waals surface area contributed by atoms with Crippen molar-refractivity contribution >= 4 is 85.1 Å². The molecular weight excluding hydrogens is 587 g/mol. The number of fused-ring (bicyclic) bond motifs is 3. The zero-order valence-corrected chi connectivity index (χ0v) is 24.9. The van der Waals surface area contributed by atoms with Gasteiger partial charge >= 0.3 is 5.97 Å². The molecule has 6 nitrogen and oxygen atoms in total. The van der Waals surface area contributed by atoms with Gasteiger partial charge in [0.25, 0.3) is 5.91 Å². The van der Waals surface area contributed by atoms with Gasteiger partial charge in [0.2, 0.25) is 0 Å². The van der Waals surface area contributed by atoms with Crippen LogP contribution in [0.15, 0.2) is 126 Å². The van der Waals surface area contributed by atoms with Crippen LogP contribution in [0, 0.1) is 0 Å². The molecule has 7 rings (SSSR count). The van der Waals surface area contributed by atoms with E-state index in [4.69, 9.17) is 17.3 Å². The molecule has 0 bridgehead atoms. The first-order chi connectivity index (χ1) is 21.4. The SMILES string of the molecule is O=C(O)CN1C(=O)/C(=C\c2ccc(N(c3ccccc3)c3ccc(-c4ccc5c(c4)[nH]c4ccccc45)cc3)cc2)SC1=S. The summed E-state index contributed by atoms with van der Waals surface area (Å²) >= 11 is 6.34. The second-order valence-electron chi connectivity index (χ2n) is 10.4. The Morgan fingerprint density at radius 3 is 2.11 bits per heavy atom. The summed E-state index contributed by atoms with van der Waals surface area (Å²) in [7, 11) is 0. The van der Waals surface area contributed by atoms with Crippen molar-refractivity contribution in [2.45, 2.75) is 0 Å². The number of H-pyrrole nitrogens is 1. The number of carbonyl (C=O) groups excluding carboxylic acids is 1. The fourth-order valence-corrected chi connectivity index (χ4v) is 6.76. The number of carbonyl (C=O) groups is 2. The average molecular weight is 612 g/mol. The monoisotopic (exact) mass is 611 g/mol. The summed E-state index contributed by atoms with van der Waals surface area (Å²) in [6.07, 6.45) is 1.75. The summed E-state index contributed by atoms with van der Waals surface area (Å²) in [4.78, 5) is 31.1. The number of para-hydroxylation sites is 2. The molecule has 1 amide bonds. The summed E-state index contributed by atoms with van der Waals surface area (Å²) in [6.45, 7) is -0.441. The first-order valence-electron chi connectivity index (χ1n) is 14.0. The number of anilines is 3. The van der Waals surface area contributed by atoms with E-state index < -0.39 is 12.5 Å². The molecule has 1 saturated heterocycles. The first kappa shape index (κ1) is 27.6. The Balaban J connectivity index is 1.18. The Bertz CT molecular complexity index is 2090. The largest absolute Gasteiger partial charge is 0.480 e. The molecular formula is C36H25N3O3S2. The fourth-order valence-electron chi connectivity index (χ4n) is 5.50. The van der Waals surface area contributed by atoms with Crippen LogP contribution in [0.25, 0.3) is 39.0 Å². The number of amides is 1. The van der Waals surface area contributed by atoms with Gasteiger partial charge in [-0.05, 0) is 71.3 Å². The topological polar surface area (TPSA) is 76.6 Å².